The first-order chi connectivity index (χ1) is 7.77. The van der Waals surface area contributed by atoms with Gasteiger partial charge in [-0.2, -0.15) is 0 Å². The second kappa shape index (κ2) is 5.75. The van der Waals surface area contributed by atoms with Gasteiger partial charge in [0.25, 0.3) is 0 Å². The summed E-state index contributed by atoms with van der Waals surface area (Å²) in [5.41, 5.74) is 0.799. The topological polar surface area (TPSA) is 15.3 Å². The molecule has 1 saturated heterocycles. The summed E-state index contributed by atoms with van der Waals surface area (Å²) >= 11 is 3.21. The van der Waals surface area contributed by atoms with Crippen molar-refractivity contribution in [3.8, 4) is 0 Å². The molecule has 2 rings (SSSR count). The first-order valence-electron chi connectivity index (χ1n) is 5.63. The average Bonchev–Trinajstić information content (AvgIpc) is 2.32. The van der Waals surface area contributed by atoms with E-state index in [4.69, 9.17) is 0 Å². The minimum absolute atomic E-state index is 0.113. The van der Waals surface area contributed by atoms with Crippen LogP contribution in [0.25, 0.3) is 0 Å². The number of hydrogen-bond acceptors (Lipinski definition) is 2. The number of piperazine rings is 1. The largest absolute Gasteiger partial charge is 0.314 e. The van der Waals surface area contributed by atoms with Crippen molar-refractivity contribution < 1.29 is 4.39 Å². The molecule has 4 heteroatoms. The zero-order chi connectivity index (χ0) is 11.4. The maximum Gasteiger partial charge on any atom is 0.140 e. The molecule has 0 aromatic heterocycles. The van der Waals surface area contributed by atoms with Crippen LogP contribution in [0.5, 0.6) is 0 Å². The molecule has 0 radical (unpaired) electrons. The van der Waals surface area contributed by atoms with Gasteiger partial charge in [0.05, 0.1) is 4.47 Å². The Morgan fingerprint density at radius 1 is 1.31 bits per heavy atom. The van der Waals surface area contributed by atoms with E-state index in [9.17, 15) is 4.39 Å². The predicted octanol–water partition coefficient (Wildman–Crippen LogP) is 2.04. The lowest BCUT2D eigenvalue weighted by molar-refractivity contribution is 0.243. The Morgan fingerprint density at radius 2 is 2.06 bits per heavy atom. The number of nitrogens with one attached hydrogen (secondary N) is 1. The number of halogens is 2. The van der Waals surface area contributed by atoms with E-state index in [0.717, 1.165) is 44.7 Å². The van der Waals surface area contributed by atoms with Crippen molar-refractivity contribution in [3.05, 3.63) is 34.1 Å². The lowest BCUT2D eigenvalue weighted by Crippen LogP contribution is -2.44. The molecule has 1 aromatic carbocycles. The van der Waals surface area contributed by atoms with Crippen LogP contribution < -0.4 is 5.32 Å². The van der Waals surface area contributed by atoms with Crippen LogP contribution in [0.15, 0.2) is 22.7 Å². The highest BCUT2D eigenvalue weighted by Gasteiger charge is 2.11. The Kier molecular flexibility index (Phi) is 4.32. The maximum absolute atomic E-state index is 13.7. The van der Waals surface area contributed by atoms with Crippen molar-refractivity contribution in [3.63, 3.8) is 0 Å². The molecule has 2 nitrogen and oxygen atoms in total. The van der Waals surface area contributed by atoms with Crippen LogP contribution in [0.2, 0.25) is 0 Å². The Hall–Kier alpha value is -0.450. The van der Waals surface area contributed by atoms with Gasteiger partial charge in [0.15, 0.2) is 0 Å². The van der Waals surface area contributed by atoms with Gasteiger partial charge < -0.3 is 10.2 Å². The van der Waals surface area contributed by atoms with Crippen molar-refractivity contribution >= 4 is 15.9 Å². The third-order valence-electron chi connectivity index (χ3n) is 2.94. The number of benzene rings is 1. The molecule has 1 aromatic rings. The summed E-state index contributed by atoms with van der Waals surface area (Å²) in [5, 5.41) is 3.31. The highest BCUT2D eigenvalue weighted by Crippen LogP contribution is 2.19. The molecule has 1 aliphatic heterocycles. The molecule has 88 valence electrons. The fraction of sp³-hybridized carbons (Fsp3) is 0.500. The minimum Gasteiger partial charge on any atom is -0.314 e. The molecule has 0 atom stereocenters. The van der Waals surface area contributed by atoms with Gasteiger partial charge in [-0.1, -0.05) is 12.1 Å². The highest BCUT2D eigenvalue weighted by atomic mass is 79.9. The van der Waals surface area contributed by atoms with Crippen LogP contribution in [0.1, 0.15) is 5.56 Å². The van der Waals surface area contributed by atoms with Crippen LogP contribution in [0.3, 0.4) is 0 Å². The van der Waals surface area contributed by atoms with Crippen LogP contribution in [0.4, 0.5) is 4.39 Å². The molecule has 16 heavy (non-hydrogen) atoms. The van der Waals surface area contributed by atoms with E-state index in [1.807, 2.05) is 12.1 Å². The normalized spacial score (nSPS) is 17.6. The van der Waals surface area contributed by atoms with Crippen molar-refractivity contribution in [1.82, 2.24) is 10.2 Å². The second-order valence-corrected chi connectivity index (χ2v) is 4.91. The van der Waals surface area contributed by atoms with E-state index in [2.05, 4.69) is 26.1 Å². The van der Waals surface area contributed by atoms with Gasteiger partial charge in [0.1, 0.15) is 5.82 Å². The summed E-state index contributed by atoms with van der Waals surface area (Å²) in [6.45, 7) is 5.15. The van der Waals surface area contributed by atoms with E-state index in [1.54, 1.807) is 6.07 Å². The first-order valence-corrected chi connectivity index (χ1v) is 6.42. The molecular weight excluding hydrogens is 271 g/mol. The highest BCUT2D eigenvalue weighted by molar-refractivity contribution is 9.10. The molecule has 1 N–H and O–H groups in total. The number of hydrogen-bond donors (Lipinski definition) is 1. The molecule has 1 heterocycles. The summed E-state index contributed by atoms with van der Waals surface area (Å²) in [4.78, 5) is 2.37. The SMILES string of the molecule is Fc1c(Br)cccc1CCN1CCNCC1. The molecule has 0 saturated carbocycles. The molecule has 0 unspecified atom stereocenters. The Bertz CT molecular complexity index is 351. The summed E-state index contributed by atoms with van der Waals surface area (Å²) in [6.07, 6.45) is 0.783. The Morgan fingerprint density at radius 3 is 2.81 bits per heavy atom. The molecule has 1 aliphatic rings. The summed E-state index contributed by atoms with van der Waals surface area (Å²) < 4.78 is 14.2. The van der Waals surface area contributed by atoms with Gasteiger partial charge in [-0.05, 0) is 34.0 Å². The lowest BCUT2D eigenvalue weighted by atomic mass is 10.1. The van der Waals surface area contributed by atoms with Gasteiger partial charge in [-0.25, -0.2) is 4.39 Å². The third kappa shape index (κ3) is 3.03. The van der Waals surface area contributed by atoms with Gasteiger partial charge in [-0.3, -0.25) is 0 Å². The average molecular weight is 287 g/mol. The third-order valence-corrected chi connectivity index (χ3v) is 3.55. The van der Waals surface area contributed by atoms with Crippen LogP contribution in [0, 0.1) is 5.82 Å². The summed E-state index contributed by atoms with van der Waals surface area (Å²) in [6, 6.07) is 5.49. The van der Waals surface area contributed by atoms with Crippen molar-refractivity contribution in [2.45, 2.75) is 6.42 Å². The second-order valence-electron chi connectivity index (χ2n) is 4.05. The van der Waals surface area contributed by atoms with E-state index >= 15 is 0 Å². The number of nitrogens with zero attached hydrogens (tertiary/aromatic N) is 1. The smallest absolute Gasteiger partial charge is 0.140 e. The number of rotatable bonds is 3. The Balaban J connectivity index is 1.91. The standard InChI is InChI=1S/C12H16BrFN2/c13-11-3-1-2-10(12(11)14)4-7-16-8-5-15-6-9-16/h1-3,15H,4-9H2. The van der Waals surface area contributed by atoms with E-state index in [0.29, 0.717) is 4.47 Å². The summed E-state index contributed by atoms with van der Waals surface area (Å²) in [5.74, 6) is -0.113. The van der Waals surface area contributed by atoms with Crippen molar-refractivity contribution in [2.75, 3.05) is 32.7 Å². The van der Waals surface area contributed by atoms with E-state index in [1.165, 1.54) is 0 Å². The minimum atomic E-state index is -0.113. The lowest BCUT2D eigenvalue weighted by Gasteiger charge is -2.27. The first kappa shape index (κ1) is 12.0. The molecule has 0 bridgehead atoms. The zero-order valence-corrected chi connectivity index (χ0v) is 10.8. The van der Waals surface area contributed by atoms with Gasteiger partial charge >= 0.3 is 0 Å². The van der Waals surface area contributed by atoms with Gasteiger partial charge in [-0.15, -0.1) is 0 Å². The fourth-order valence-electron chi connectivity index (χ4n) is 1.95. The quantitative estimate of drug-likeness (QED) is 0.915. The van der Waals surface area contributed by atoms with Crippen LogP contribution in [-0.4, -0.2) is 37.6 Å². The van der Waals surface area contributed by atoms with Crippen molar-refractivity contribution in [1.29, 1.82) is 0 Å². The molecule has 0 spiro atoms. The monoisotopic (exact) mass is 286 g/mol. The van der Waals surface area contributed by atoms with E-state index < -0.39 is 0 Å². The Labute approximate surface area is 104 Å². The predicted molar refractivity (Wildman–Crippen MR) is 67.1 cm³/mol. The molecule has 0 amide bonds. The summed E-state index contributed by atoms with van der Waals surface area (Å²) in [7, 11) is 0. The molecule has 1 fully saturated rings. The molecule has 0 aliphatic carbocycles. The van der Waals surface area contributed by atoms with Gasteiger partial charge in [0, 0.05) is 32.7 Å². The fourth-order valence-corrected chi connectivity index (χ4v) is 2.36. The van der Waals surface area contributed by atoms with E-state index in [-0.39, 0.29) is 5.82 Å². The zero-order valence-electron chi connectivity index (χ0n) is 9.18. The van der Waals surface area contributed by atoms with Gasteiger partial charge in [0.2, 0.25) is 0 Å². The maximum atomic E-state index is 13.7. The van der Waals surface area contributed by atoms with Crippen LogP contribution >= 0.6 is 15.9 Å². The van der Waals surface area contributed by atoms with Crippen molar-refractivity contribution in [2.24, 2.45) is 0 Å². The molecular formula is C12H16BrFN2. The van der Waals surface area contributed by atoms with Crippen LogP contribution in [-0.2, 0) is 6.42 Å².